The molecule has 0 aromatic heterocycles. The fourth-order valence-corrected chi connectivity index (χ4v) is 1.93. The number of carbonyl (C=O) groups is 2. The van der Waals surface area contributed by atoms with Gasteiger partial charge in [0.1, 0.15) is 11.8 Å². The van der Waals surface area contributed by atoms with Crippen molar-refractivity contribution in [3.8, 4) is 5.75 Å². The van der Waals surface area contributed by atoms with Crippen LogP contribution in [0.3, 0.4) is 0 Å². The number of hydrogen-bond acceptors (Lipinski definition) is 3. The summed E-state index contributed by atoms with van der Waals surface area (Å²) >= 11 is 0. The number of amides is 3. The zero-order valence-corrected chi connectivity index (χ0v) is 13.5. The lowest BCUT2D eigenvalue weighted by Gasteiger charge is -2.18. The molecule has 9 heteroatoms. The van der Waals surface area contributed by atoms with E-state index in [1.807, 2.05) is 0 Å². The Morgan fingerprint density at radius 2 is 1.88 bits per heavy atom. The van der Waals surface area contributed by atoms with Crippen LogP contribution in [-0.2, 0) is 17.5 Å². The molecule has 0 radical (unpaired) electrons. The van der Waals surface area contributed by atoms with Crippen LogP contribution in [0.4, 0.5) is 18.0 Å². The highest BCUT2D eigenvalue weighted by atomic mass is 19.4. The molecule has 1 aromatic carbocycles. The van der Waals surface area contributed by atoms with Crippen molar-refractivity contribution in [2.24, 2.45) is 5.73 Å². The highest BCUT2D eigenvalue weighted by molar-refractivity contribution is 5.86. The second kappa shape index (κ2) is 7.89. The maximum absolute atomic E-state index is 13.2. The minimum atomic E-state index is -4.59. The molecule has 6 nitrogen and oxygen atoms in total. The first-order chi connectivity index (χ1) is 11.0. The van der Waals surface area contributed by atoms with Gasteiger partial charge in [0, 0.05) is 6.54 Å². The summed E-state index contributed by atoms with van der Waals surface area (Å²) in [5, 5.41) is 4.47. The molecule has 1 aromatic rings. The average molecular weight is 347 g/mol. The first-order valence-electron chi connectivity index (χ1n) is 7.21. The van der Waals surface area contributed by atoms with E-state index in [2.05, 4.69) is 10.6 Å². The Bertz CT molecular complexity index is 603. The number of primary amides is 1. The van der Waals surface area contributed by atoms with E-state index >= 15 is 0 Å². The third-order valence-electron chi connectivity index (χ3n) is 2.96. The minimum Gasteiger partial charge on any atom is -0.491 e. The molecule has 0 spiro atoms. The number of nitrogens with one attached hydrogen (secondary N) is 2. The summed E-state index contributed by atoms with van der Waals surface area (Å²) in [6.45, 7) is 4.42. The zero-order chi connectivity index (χ0) is 18.5. The molecule has 0 heterocycles. The minimum absolute atomic E-state index is 0.0937. The largest absolute Gasteiger partial charge is 0.491 e. The number of ether oxygens (including phenoxy) is 1. The van der Waals surface area contributed by atoms with Gasteiger partial charge in [0.15, 0.2) is 0 Å². The summed E-state index contributed by atoms with van der Waals surface area (Å²) in [5.74, 6) is -0.555. The Hall–Kier alpha value is -2.45. The molecule has 0 fully saturated rings. The first-order valence-corrected chi connectivity index (χ1v) is 7.21. The van der Waals surface area contributed by atoms with Crippen LogP contribution >= 0.6 is 0 Å². The summed E-state index contributed by atoms with van der Waals surface area (Å²) < 4.78 is 44.8. The smallest absolute Gasteiger partial charge is 0.416 e. The predicted octanol–water partition coefficient (Wildman–Crippen LogP) is 2.17. The van der Waals surface area contributed by atoms with Crippen LogP contribution in [0.25, 0.3) is 0 Å². The number of nitrogens with two attached hydrogens (primary N) is 1. The second-order valence-corrected chi connectivity index (χ2v) is 5.43. The SMILES string of the molecule is CC(C)Oc1ccc(CNC(=O)[C@@H](C)NC(N)=O)c(C(F)(F)F)c1. The zero-order valence-electron chi connectivity index (χ0n) is 13.5. The van der Waals surface area contributed by atoms with E-state index in [0.717, 1.165) is 6.07 Å². The van der Waals surface area contributed by atoms with Gasteiger partial charge in [-0.2, -0.15) is 13.2 Å². The van der Waals surface area contributed by atoms with Gasteiger partial charge in [0.2, 0.25) is 5.91 Å². The molecule has 1 atom stereocenters. The topological polar surface area (TPSA) is 93.4 Å². The van der Waals surface area contributed by atoms with E-state index in [4.69, 9.17) is 10.5 Å². The predicted molar refractivity (Wildman–Crippen MR) is 81.2 cm³/mol. The first kappa shape index (κ1) is 19.6. The molecule has 0 bridgehead atoms. The molecule has 0 aliphatic heterocycles. The Morgan fingerprint density at radius 3 is 2.38 bits per heavy atom. The van der Waals surface area contributed by atoms with E-state index in [1.165, 1.54) is 19.1 Å². The third kappa shape index (κ3) is 5.98. The molecule has 0 aliphatic carbocycles. The number of halogens is 3. The van der Waals surface area contributed by atoms with Crippen LogP contribution in [0.1, 0.15) is 31.9 Å². The van der Waals surface area contributed by atoms with Crippen LogP contribution in [0.5, 0.6) is 5.75 Å². The van der Waals surface area contributed by atoms with Crippen molar-refractivity contribution in [1.82, 2.24) is 10.6 Å². The fourth-order valence-electron chi connectivity index (χ4n) is 1.93. The molecule has 0 saturated heterocycles. The van der Waals surface area contributed by atoms with Gasteiger partial charge < -0.3 is 21.1 Å². The molecule has 3 amide bonds. The molecule has 1 rings (SSSR count). The normalized spacial score (nSPS) is 12.6. The standard InChI is InChI=1S/C15H20F3N3O3/c1-8(2)24-11-5-4-10(12(6-11)15(16,17)18)7-20-13(22)9(3)21-14(19)23/h4-6,8-9H,7H2,1-3H3,(H,20,22)(H3,19,21,23)/t9-/m1/s1. The third-order valence-corrected chi connectivity index (χ3v) is 2.96. The Balaban J connectivity index is 2.90. The van der Waals surface area contributed by atoms with Gasteiger partial charge in [-0.15, -0.1) is 0 Å². The highest BCUT2D eigenvalue weighted by Crippen LogP contribution is 2.34. The van der Waals surface area contributed by atoms with E-state index in [0.29, 0.717) is 0 Å². The van der Waals surface area contributed by atoms with E-state index < -0.39 is 29.7 Å². The summed E-state index contributed by atoms with van der Waals surface area (Å²) in [6.07, 6.45) is -4.86. The number of rotatable bonds is 6. The number of alkyl halides is 3. The van der Waals surface area contributed by atoms with Crippen molar-refractivity contribution in [2.45, 2.75) is 45.6 Å². The van der Waals surface area contributed by atoms with E-state index in [9.17, 15) is 22.8 Å². The van der Waals surface area contributed by atoms with Crippen LogP contribution in [-0.4, -0.2) is 24.1 Å². The van der Waals surface area contributed by atoms with Gasteiger partial charge in [0.05, 0.1) is 11.7 Å². The molecule has 0 unspecified atom stereocenters. The summed E-state index contributed by atoms with van der Waals surface area (Å²) in [6, 6.07) is 1.69. The van der Waals surface area contributed by atoms with Gasteiger partial charge in [-0.25, -0.2) is 4.79 Å². The average Bonchev–Trinajstić information content (AvgIpc) is 2.43. The van der Waals surface area contributed by atoms with E-state index in [-0.39, 0.29) is 24.0 Å². The number of hydrogen-bond donors (Lipinski definition) is 3. The van der Waals surface area contributed by atoms with Gasteiger partial charge in [-0.3, -0.25) is 4.79 Å². The lowest BCUT2D eigenvalue weighted by atomic mass is 10.1. The summed E-state index contributed by atoms with van der Waals surface area (Å²) in [4.78, 5) is 22.4. The van der Waals surface area contributed by atoms with Crippen LogP contribution in [0.15, 0.2) is 18.2 Å². The van der Waals surface area contributed by atoms with Crippen molar-refractivity contribution in [1.29, 1.82) is 0 Å². The van der Waals surface area contributed by atoms with Gasteiger partial charge in [-0.05, 0) is 38.5 Å². The quantitative estimate of drug-likeness (QED) is 0.736. The fraction of sp³-hybridized carbons (Fsp3) is 0.467. The number of benzene rings is 1. The van der Waals surface area contributed by atoms with Crippen molar-refractivity contribution >= 4 is 11.9 Å². The maximum atomic E-state index is 13.2. The van der Waals surface area contributed by atoms with Crippen molar-refractivity contribution in [3.63, 3.8) is 0 Å². The Kier molecular flexibility index (Phi) is 6.44. The molecular formula is C15H20F3N3O3. The molecule has 24 heavy (non-hydrogen) atoms. The van der Waals surface area contributed by atoms with Gasteiger partial charge in [0.25, 0.3) is 0 Å². The molecular weight excluding hydrogens is 327 g/mol. The lowest BCUT2D eigenvalue weighted by molar-refractivity contribution is -0.138. The molecule has 4 N–H and O–H groups in total. The lowest BCUT2D eigenvalue weighted by Crippen LogP contribution is -2.46. The molecule has 134 valence electrons. The van der Waals surface area contributed by atoms with Crippen LogP contribution < -0.4 is 21.1 Å². The van der Waals surface area contributed by atoms with Crippen LogP contribution in [0, 0.1) is 0 Å². The Labute approximate surface area is 137 Å². The van der Waals surface area contributed by atoms with Crippen molar-refractivity contribution < 1.29 is 27.5 Å². The van der Waals surface area contributed by atoms with Crippen molar-refractivity contribution in [3.05, 3.63) is 29.3 Å². The number of carbonyl (C=O) groups excluding carboxylic acids is 2. The van der Waals surface area contributed by atoms with Crippen molar-refractivity contribution in [2.75, 3.05) is 0 Å². The highest BCUT2D eigenvalue weighted by Gasteiger charge is 2.34. The molecule has 0 aliphatic rings. The number of urea groups is 1. The summed E-state index contributed by atoms with van der Waals surface area (Å²) in [5.41, 5.74) is 3.88. The van der Waals surface area contributed by atoms with Crippen LogP contribution in [0.2, 0.25) is 0 Å². The maximum Gasteiger partial charge on any atom is 0.416 e. The Morgan fingerprint density at radius 1 is 1.25 bits per heavy atom. The second-order valence-electron chi connectivity index (χ2n) is 5.43. The van der Waals surface area contributed by atoms with Gasteiger partial charge in [-0.1, -0.05) is 6.07 Å². The summed E-state index contributed by atoms with van der Waals surface area (Å²) in [7, 11) is 0. The molecule has 0 saturated carbocycles. The monoisotopic (exact) mass is 347 g/mol. The van der Waals surface area contributed by atoms with E-state index in [1.54, 1.807) is 13.8 Å². The van der Waals surface area contributed by atoms with Gasteiger partial charge >= 0.3 is 12.2 Å².